The molecule has 2 unspecified atom stereocenters. The maximum Gasteiger partial charge on any atom is 0.245 e. The van der Waals surface area contributed by atoms with E-state index in [0.29, 0.717) is 60.4 Å². The molecule has 4 aromatic rings. The zero-order chi connectivity index (χ0) is 25.8. The molecule has 2 atom stereocenters. The second-order valence-corrected chi connectivity index (χ2v) is 8.75. The van der Waals surface area contributed by atoms with Crippen molar-refractivity contribution >= 4 is 28.6 Å². The summed E-state index contributed by atoms with van der Waals surface area (Å²) in [6, 6.07) is 16.9. The first-order chi connectivity index (χ1) is 18.0. The number of amides is 1. The van der Waals surface area contributed by atoms with Crippen LogP contribution in [0.3, 0.4) is 0 Å². The van der Waals surface area contributed by atoms with Gasteiger partial charge in [-0.15, -0.1) is 0 Å². The molecule has 3 heterocycles. The fraction of sp³-hybridized carbons (Fsp3) is 0.259. The Balaban J connectivity index is 1.33. The molecule has 10 heteroatoms. The summed E-state index contributed by atoms with van der Waals surface area (Å²) in [6.07, 6.45) is -0.0946. The van der Waals surface area contributed by atoms with Crippen LogP contribution < -0.4 is 20.7 Å². The molecular formula is C27H27FN6O3. The van der Waals surface area contributed by atoms with Gasteiger partial charge in [0.15, 0.2) is 5.52 Å². The summed E-state index contributed by atoms with van der Waals surface area (Å²) in [6.45, 7) is 3.14. The minimum Gasteiger partial charge on any atom is -0.476 e. The highest BCUT2D eigenvalue weighted by atomic mass is 19.1. The summed E-state index contributed by atoms with van der Waals surface area (Å²) >= 11 is 0. The van der Waals surface area contributed by atoms with Gasteiger partial charge in [0.05, 0.1) is 30.0 Å². The highest BCUT2D eigenvalue weighted by Gasteiger charge is 2.28. The van der Waals surface area contributed by atoms with Crippen molar-refractivity contribution in [3.63, 3.8) is 0 Å². The van der Waals surface area contributed by atoms with E-state index >= 15 is 0 Å². The first-order valence-corrected chi connectivity index (χ1v) is 12.1. The highest BCUT2D eigenvalue weighted by molar-refractivity contribution is 5.95. The molecule has 0 bridgehead atoms. The number of aliphatic hydroxyl groups excluding tert-OH is 1. The number of carbonyl (C=O) groups excluding carboxylic acids is 1. The average Bonchev–Trinajstić information content (AvgIpc) is 3.35. The predicted molar refractivity (Wildman–Crippen MR) is 139 cm³/mol. The van der Waals surface area contributed by atoms with Gasteiger partial charge in [-0.1, -0.05) is 24.3 Å². The zero-order valence-corrected chi connectivity index (χ0v) is 20.2. The normalized spacial score (nSPS) is 17.1. The second kappa shape index (κ2) is 10.9. The van der Waals surface area contributed by atoms with Crippen molar-refractivity contribution in [2.24, 2.45) is 0 Å². The van der Waals surface area contributed by atoms with E-state index in [0.717, 1.165) is 11.1 Å². The van der Waals surface area contributed by atoms with Crippen LogP contribution in [0.1, 0.15) is 18.9 Å². The molecule has 0 saturated carbocycles. The molecule has 190 valence electrons. The monoisotopic (exact) mass is 502 g/mol. The number of nitrogens with one attached hydrogen (secondary N) is 3. The van der Waals surface area contributed by atoms with Crippen LogP contribution in [0.25, 0.3) is 22.3 Å². The lowest BCUT2D eigenvalue weighted by Gasteiger charge is -2.12. The molecule has 4 N–H and O–H groups in total. The number of fused-ring (bicyclic) bond motifs is 1. The molecule has 0 spiro atoms. The average molecular weight is 503 g/mol. The molecule has 1 aliphatic rings. The summed E-state index contributed by atoms with van der Waals surface area (Å²) < 4.78 is 18.9. The Bertz CT molecular complexity index is 1400. The van der Waals surface area contributed by atoms with Crippen molar-refractivity contribution in [2.75, 3.05) is 23.8 Å². The van der Waals surface area contributed by atoms with Crippen molar-refractivity contribution < 1.29 is 19.0 Å². The van der Waals surface area contributed by atoms with Gasteiger partial charge in [-0.25, -0.2) is 14.4 Å². The van der Waals surface area contributed by atoms with Crippen LogP contribution in [0.5, 0.6) is 5.88 Å². The van der Waals surface area contributed by atoms with E-state index < -0.39 is 12.1 Å². The van der Waals surface area contributed by atoms with Crippen molar-refractivity contribution in [1.82, 2.24) is 20.3 Å². The van der Waals surface area contributed by atoms with Gasteiger partial charge < -0.3 is 25.8 Å². The van der Waals surface area contributed by atoms with Gasteiger partial charge in [-0.2, -0.15) is 4.98 Å². The third-order valence-electron chi connectivity index (χ3n) is 6.03. The maximum atomic E-state index is 13.2. The number of pyridine rings is 1. The fourth-order valence-corrected chi connectivity index (χ4v) is 4.12. The lowest BCUT2D eigenvalue weighted by Crippen LogP contribution is -2.35. The quantitative estimate of drug-likeness (QED) is 0.289. The molecule has 2 aromatic carbocycles. The molecule has 0 aliphatic carbocycles. The number of benzene rings is 2. The van der Waals surface area contributed by atoms with Crippen LogP contribution >= 0.6 is 0 Å². The van der Waals surface area contributed by atoms with Crippen LogP contribution in [0.15, 0.2) is 60.7 Å². The second-order valence-electron chi connectivity index (χ2n) is 8.75. The Kier molecular flexibility index (Phi) is 7.20. The van der Waals surface area contributed by atoms with E-state index in [-0.39, 0.29) is 11.7 Å². The first kappa shape index (κ1) is 24.5. The molecule has 1 saturated heterocycles. The van der Waals surface area contributed by atoms with E-state index in [1.165, 1.54) is 12.1 Å². The van der Waals surface area contributed by atoms with Crippen LogP contribution in [0, 0.1) is 5.82 Å². The van der Waals surface area contributed by atoms with Gasteiger partial charge >= 0.3 is 0 Å². The number of anilines is 2. The van der Waals surface area contributed by atoms with Crippen molar-refractivity contribution in [2.45, 2.75) is 32.0 Å². The molecule has 0 radical (unpaired) electrons. The number of hydrogen-bond donors (Lipinski definition) is 4. The molecule has 2 aromatic heterocycles. The van der Waals surface area contributed by atoms with E-state index in [9.17, 15) is 14.3 Å². The smallest absolute Gasteiger partial charge is 0.245 e. The SMILES string of the molecule is CCOc1nc(NCc2ccc(F)cc2)nc2ccc(-c3ccc(NC(=O)C4CC(O)CN4)cc3)nc12. The number of aliphatic hydroxyl groups is 1. The minimum atomic E-state index is -0.496. The van der Waals surface area contributed by atoms with E-state index in [4.69, 9.17) is 9.72 Å². The largest absolute Gasteiger partial charge is 0.476 e. The molecule has 1 aliphatic heterocycles. The zero-order valence-electron chi connectivity index (χ0n) is 20.2. The third kappa shape index (κ3) is 5.82. The summed E-state index contributed by atoms with van der Waals surface area (Å²) in [5, 5.41) is 18.7. The first-order valence-electron chi connectivity index (χ1n) is 12.1. The van der Waals surface area contributed by atoms with Crippen LogP contribution in [-0.2, 0) is 11.3 Å². The van der Waals surface area contributed by atoms with Crippen LogP contribution in [0.4, 0.5) is 16.0 Å². The predicted octanol–water partition coefficient (Wildman–Crippen LogP) is 3.50. The van der Waals surface area contributed by atoms with Crippen molar-refractivity contribution in [3.8, 4) is 17.1 Å². The molecule has 1 fully saturated rings. The van der Waals surface area contributed by atoms with E-state index in [1.807, 2.05) is 43.3 Å². The standard InChI is InChI=1S/C27H27FN6O3/c1-2-37-26-24-22(33-27(34-26)30-14-16-3-7-18(28)8-4-16)12-11-21(32-24)17-5-9-19(10-6-17)31-25(36)23-13-20(35)15-29-23/h3-12,20,23,29,35H,2,13-15H2,1H3,(H,31,36)(H,30,33,34). The molecule has 37 heavy (non-hydrogen) atoms. The van der Waals surface area contributed by atoms with Gasteiger partial charge in [0.2, 0.25) is 17.7 Å². The number of nitrogens with zero attached hydrogens (tertiary/aromatic N) is 3. The molecular weight excluding hydrogens is 475 g/mol. The maximum absolute atomic E-state index is 13.2. The number of rotatable bonds is 8. The van der Waals surface area contributed by atoms with Crippen molar-refractivity contribution in [3.05, 3.63) is 72.0 Å². The number of hydrogen-bond acceptors (Lipinski definition) is 8. The lowest BCUT2D eigenvalue weighted by molar-refractivity contribution is -0.117. The fourth-order valence-electron chi connectivity index (χ4n) is 4.12. The number of ether oxygens (including phenoxy) is 1. The molecule has 1 amide bonds. The summed E-state index contributed by atoms with van der Waals surface area (Å²) in [4.78, 5) is 26.2. The van der Waals surface area contributed by atoms with Gasteiger partial charge in [0.25, 0.3) is 0 Å². The Labute approximate surface area is 213 Å². The number of aromatic nitrogens is 3. The summed E-state index contributed by atoms with van der Waals surface area (Å²) in [7, 11) is 0. The molecule has 9 nitrogen and oxygen atoms in total. The minimum absolute atomic E-state index is 0.171. The topological polar surface area (TPSA) is 121 Å². The Morgan fingerprint density at radius 1 is 1.08 bits per heavy atom. The number of carbonyl (C=O) groups is 1. The van der Waals surface area contributed by atoms with Gasteiger partial charge in [-0.3, -0.25) is 4.79 Å². The molecule has 5 rings (SSSR count). The lowest BCUT2D eigenvalue weighted by atomic mass is 10.1. The van der Waals surface area contributed by atoms with E-state index in [1.54, 1.807) is 12.1 Å². The Hall–Kier alpha value is -4.15. The van der Waals surface area contributed by atoms with Crippen LogP contribution in [0.2, 0.25) is 0 Å². The van der Waals surface area contributed by atoms with Crippen LogP contribution in [-0.4, -0.2) is 51.3 Å². The Morgan fingerprint density at radius 3 is 2.57 bits per heavy atom. The third-order valence-corrected chi connectivity index (χ3v) is 6.03. The van der Waals surface area contributed by atoms with Gasteiger partial charge in [-0.05, 0) is 55.3 Å². The van der Waals surface area contributed by atoms with E-state index in [2.05, 4.69) is 25.9 Å². The van der Waals surface area contributed by atoms with Gasteiger partial charge in [0, 0.05) is 24.3 Å². The number of β-amino-alcohol motifs (C(OH)–C–C–N with tert-alkyl or cyclic N) is 1. The van der Waals surface area contributed by atoms with Gasteiger partial charge in [0.1, 0.15) is 5.82 Å². The van der Waals surface area contributed by atoms with Crippen molar-refractivity contribution in [1.29, 1.82) is 0 Å². The summed E-state index contributed by atoms with van der Waals surface area (Å²) in [5.41, 5.74) is 4.29. The highest BCUT2D eigenvalue weighted by Crippen LogP contribution is 2.27. The number of halogens is 1. The summed E-state index contributed by atoms with van der Waals surface area (Å²) in [5.74, 6) is 0.300. The Morgan fingerprint density at radius 2 is 1.86 bits per heavy atom.